The summed E-state index contributed by atoms with van der Waals surface area (Å²) in [6, 6.07) is 3.48. The second-order valence-electron chi connectivity index (χ2n) is 6.13. The number of hydrogen-bond acceptors (Lipinski definition) is 5. The number of carbonyl (C=O) groups excluding carboxylic acids is 2. The van der Waals surface area contributed by atoms with Gasteiger partial charge in [0.05, 0.1) is 6.04 Å². The predicted octanol–water partition coefficient (Wildman–Crippen LogP) is 0.665. The minimum Gasteiger partial charge on any atom is -0.385 e. The average Bonchev–Trinajstić information content (AvgIpc) is 3.44. The molecule has 2 fully saturated rings. The van der Waals surface area contributed by atoms with Crippen LogP contribution in [0.3, 0.4) is 0 Å². The number of aromatic nitrogens is 1. The topological polar surface area (TPSA) is 80.8 Å². The van der Waals surface area contributed by atoms with Gasteiger partial charge in [-0.3, -0.25) is 14.6 Å². The Bertz CT molecular complexity index is 576. The molecule has 1 saturated carbocycles. The molecule has 2 aliphatic rings. The quantitative estimate of drug-likeness (QED) is 0.742. The Hall–Kier alpha value is -1.99. The molecule has 2 atom stereocenters. The number of nitrogens with zero attached hydrogens (tertiary/aromatic N) is 2. The van der Waals surface area contributed by atoms with Crippen molar-refractivity contribution in [1.29, 1.82) is 0 Å². The molecule has 1 saturated heterocycles. The molecule has 7 heteroatoms. The van der Waals surface area contributed by atoms with Crippen molar-refractivity contribution in [2.45, 2.75) is 37.5 Å². The summed E-state index contributed by atoms with van der Waals surface area (Å²) in [6.07, 6.45) is 5.35. The molecule has 1 aliphatic carbocycles. The van der Waals surface area contributed by atoms with E-state index in [1.807, 2.05) is 17.0 Å². The number of hydrogen-bond donors (Lipinski definition) is 1. The van der Waals surface area contributed by atoms with Crippen LogP contribution >= 0.6 is 0 Å². The molecule has 24 heavy (non-hydrogen) atoms. The molecule has 0 radical (unpaired) electrons. The van der Waals surface area contributed by atoms with Crippen LogP contribution in [0.25, 0.3) is 0 Å². The van der Waals surface area contributed by atoms with Crippen molar-refractivity contribution in [1.82, 2.24) is 15.2 Å². The van der Waals surface area contributed by atoms with Gasteiger partial charge in [-0.2, -0.15) is 0 Å². The second kappa shape index (κ2) is 7.72. The Kier molecular flexibility index (Phi) is 5.42. The number of carbonyl (C=O) groups is 2. The molecule has 1 aromatic heterocycles. The minimum atomic E-state index is -0.713. The first-order valence-electron chi connectivity index (χ1n) is 8.31. The van der Waals surface area contributed by atoms with Crippen molar-refractivity contribution in [3.8, 4) is 0 Å². The molecule has 2 heterocycles. The van der Waals surface area contributed by atoms with E-state index >= 15 is 0 Å². The molecule has 130 valence electrons. The van der Waals surface area contributed by atoms with Crippen LogP contribution in [0.15, 0.2) is 24.5 Å². The Morgan fingerprint density at radius 2 is 2.33 bits per heavy atom. The summed E-state index contributed by atoms with van der Waals surface area (Å²) in [6.45, 7) is 1.05. The lowest BCUT2D eigenvalue weighted by Crippen LogP contribution is -2.55. The largest absolute Gasteiger partial charge is 0.385 e. The van der Waals surface area contributed by atoms with Crippen LogP contribution in [0, 0.1) is 0 Å². The van der Waals surface area contributed by atoms with Crippen molar-refractivity contribution < 1.29 is 19.1 Å². The van der Waals surface area contributed by atoms with E-state index in [-0.39, 0.29) is 24.5 Å². The van der Waals surface area contributed by atoms with Crippen LogP contribution in [-0.4, -0.2) is 60.7 Å². The number of ether oxygens (including phenoxy) is 2. The van der Waals surface area contributed by atoms with Crippen LogP contribution in [0.5, 0.6) is 0 Å². The Labute approximate surface area is 141 Å². The minimum absolute atomic E-state index is 0.0522. The van der Waals surface area contributed by atoms with E-state index in [1.54, 1.807) is 19.5 Å². The molecular formula is C17H23N3O4. The van der Waals surface area contributed by atoms with Crippen molar-refractivity contribution in [2.24, 2.45) is 0 Å². The summed E-state index contributed by atoms with van der Waals surface area (Å²) in [4.78, 5) is 30.9. The van der Waals surface area contributed by atoms with Gasteiger partial charge in [0, 0.05) is 38.7 Å². The maximum atomic E-state index is 12.6. The summed E-state index contributed by atoms with van der Waals surface area (Å²) in [5, 5.41) is 2.88. The van der Waals surface area contributed by atoms with Gasteiger partial charge in [-0.05, 0) is 30.9 Å². The molecule has 0 aromatic carbocycles. The van der Waals surface area contributed by atoms with Gasteiger partial charge in [-0.1, -0.05) is 6.07 Å². The molecule has 1 aromatic rings. The highest BCUT2D eigenvalue weighted by atomic mass is 16.5. The van der Waals surface area contributed by atoms with Gasteiger partial charge >= 0.3 is 0 Å². The lowest BCUT2D eigenvalue weighted by atomic mass is 9.98. The Balaban J connectivity index is 1.78. The van der Waals surface area contributed by atoms with Crippen molar-refractivity contribution in [3.05, 3.63) is 30.1 Å². The van der Waals surface area contributed by atoms with E-state index in [1.165, 1.54) is 0 Å². The fourth-order valence-corrected chi connectivity index (χ4v) is 3.05. The lowest BCUT2D eigenvalue weighted by Gasteiger charge is -2.40. The molecule has 0 bridgehead atoms. The van der Waals surface area contributed by atoms with Crippen LogP contribution in [0.1, 0.15) is 30.9 Å². The lowest BCUT2D eigenvalue weighted by molar-refractivity contribution is -0.165. The van der Waals surface area contributed by atoms with Gasteiger partial charge in [0.25, 0.3) is 5.91 Å². The van der Waals surface area contributed by atoms with E-state index in [0.717, 1.165) is 24.8 Å². The number of pyridine rings is 1. The third-order valence-electron chi connectivity index (χ3n) is 4.31. The average molecular weight is 333 g/mol. The van der Waals surface area contributed by atoms with Gasteiger partial charge in [-0.25, -0.2) is 0 Å². The molecule has 0 spiro atoms. The number of morpholine rings is 1. The smallest absolute Gasteiger partial charge is 0.251 e. The second-order valence-corrected chi connectivity index (χ2v) is 6.13. The highest BCUT2D eigenvalue weighted by Gasteiger charge is 2.47. The molecule has 0 unspecified atom stereocenters. The molecule has 2 amide bonds. The number of rotatable bonds is 7. The normalized spacial score (nSPS) is 24.0. The number of methoxy groups -OCH3 is 1. The Morgan fingerprint density at radius 3 is 3.00 bits per heavy atom. The van der Waals surface area contributed by atoms with E-state index in [9.17, 15) is 9.59 Å². The standard InChI is InChI=1S/C17H23N3O4/c1-23-9-3-8-19-17(22)16-15(12-4-2-7-18-10-12)20(13-5-6-13)14(21)11-24-16/h2,4,7,10,13,15-16H,3,5-6,8-9,11H2,1H3,(H,19,22)/t15-,16+/m1/s1. The summed E-state index contributed by atoms with van der Waals surface area (Å²) in [5.41, 5.74) is 0.828. The SMILES string of the molecule is COCCCNC(=O)[C@H]1OCC(=O)N(C2CC2)[C@@H]1c1cccnc1. The van der Waals surface area contributed by atoms with E-state index in [4.69, 9.17) is 9.47 Å². The van der Waals surface area contributed by atoms with Gasteiger partial charge in [0.15, 0.2) is 6.10 Å². The van der Waals surface area contributed by atoms with Crippen molar-refractivity contribution in [3.63, 3.8) is 0 Å². The first-order valence-corrected chi connectivity index (χ1v) is 8.31. The zero-order chi connectivity index (χ0) is 16.9. The summed E-state index contributed by atoms with van der Waals surface area (Å²) in [7, 11) is 1.63. The zero-order valence-electron chi connectivity index (χ0n) is 13.8. The van der Waals surface area contributed by atoms with Crippen molar-refractivity contribution in [2.75, 3.05) is 26.9 Å². The fraction of sp³-hybridized carbons (Fsp3) is 0.588. The third kappa shape index (κ3) is 3.73. The Morgan fingerprint density at radius 1 is 1.50 bits per heavy atom. The fourth-order valence-electron chi connectivity index (χ4n) is 3.05. The van der Waals surface area contributed by atoms with E-state index in [2.05, 4.69) is 10.3 Å². The summed E-state index contributed by atoms with van der Waals surface area (Å²) >= 11 is 0. The predicted molar refractivity (Wildman–Crippen MR) is 86.1 cm³/mol. The molecule has 3 rings (SSSR count). The summed E-state index contributed by atoms with van der Waals surface area (Å²) in [5.74, 6) is -0.257. The van der Waals surface area contributed by atoms with E-state index in [0.29, 0.717) is 13.2 Å². The number of amides is 2. The van der Waals surface area contributed by atoms with Gasteiger partial charge in [0.1, 0.15) is 6.61 Å². The first kappa shape index (κ1) is 16.9. The molecule has 1 aliphatic heterocycles. The van der Waals surface area contributed by atoms with Gasteiger partial charge in [0.2, 0.25) is 5.91 Å². The van der Waals surface area contributed by atoms with Crippen LogP contribution in [-0.2, 0) is 19.1 Å². The van der Waals surface area contributed by atoms with Crippen LogP contribution < -0.4 is 5.32 Å². The third-order valence-corrected chi connectivity index (χ3v) is 4.31. The maximum Gasteiger partial charge on any atom is 0.251 e. The highest BCUT2D eigenvalue weighted by molar-refractivity contribution is 5.86. The van der Waals surface area contributed by atoms with Crippen LogP contribution in [0.2, 0.25) is 0 Å². The highest BCUT2D eigenvalue weighted by Crippen LogP contribution is 2.39. The molecule has 7 nitrogen and oxygen atoms in total. The maximum absolute atomic E-state index is 12.6. The zero-order valence-corrected chi connectivity index (χ0v) is 13.8. The summed E-state index contributed by atoms with van der Waals surface area (Å²) < 4.78 is 10.6. The van der Waals surface area contributed by atoms with Gasteiger partial charge < -0.3 is 19.7 Å². The van der Waals surface area contributed by atoms with Crippen LogP contribution in [0.4, 0.5) is 0 Å². The number of nitrogens with one attached hydrogen (secondary N) is 1. The molecule has 1 N–H and O–H groups in total. The van der Waals surface area contributed by atoms with Gasteiger partial charge in [-0.15, -0.1) is 0 Å². The monoisotopic (exact) mass is 333 g/mol. The first-order chi connectivity index (χ1) is 11.7. The van der Waals surface area contributed by atoms with E-state index < -0.39 is 12.1 Å². The van der Waals surface area contributed by atoms with Crippen molar-refractivity contribution >= 4 is 11.8 Å². The molecular weight excluding hydrogens is 310 g/mol.